The number of nitrogens with zero attached hydrogens (tertiary/aromatic N) is 2. The molecule has 8 nitrogen and oxygen atoms in total. The molecule has 3 N–H and O–H groups in total. The van der Waals surface area contributed by atoms with E-state index in [4.69, 9.17) is 10.5 Å². The van der Waals surface area contributed by atoms with E-state index in [2.05, 4.69) is 14.6 Å². The number of halogens is 3. The summed E-state index contributed by atoms with van der Waals surface area (Å²) in [4.78, 5) is 31.7. The number of Topliss-reactive ketones (excluding diaryl/α,β-unsaturated/α-hetero) is 1. The van der Waals surface area contributed by atoms with E-state index in [9.17, 15) is 27.9 Å². The summed E-state index contributed by atoms with van der Waals surface area (Å²) in [7, 11) is 0. The minimum Gasteiger partial charge on any atom is -0.478 e. The van der Waals surface area contributed by atoms with E-state index in [1.165, 1.54) is 24.4 Å². The molecule has 0 radical (unpaired) electrons. The minimum atomic E-state index is -4.90. The SMILES string of the molecule is NC(=C(COC1CC2CC[C@@H](C1)N2c1ncc(C(=O)O)cc1C1CC1)C(=O)C1CC1)c1ccccc1OC(F)(F)F. The van der Waals surface area contributed by atoms with Crippen LogP contribution in [0.2, 0.25) is 0 Å². The first-order valence-corrected chi connectivity index (χ1v) is 14.1. The smallest absolute Gasteiger partial charge is 0.478 e. The van der Waals surface area contributed by atoms with E-state index in [1.807, 2.05) is 0 Å². The Morgan fingerprint density at radius 2 is 1.73 bits per heavy atom. The van der Waals surface area contributed by atoms with Crippen LogP contribution in [0.5, 0.6) is 5.75 Å². The first-order valence-electron chi connectivity index (χ1n) is 14.1. The number of para-hydroxylation sites is 1. The van der Waals surface area contributed by atoms with E-state index in [-0.39, 0.29) is 58.9 Å². The highest BCUT2D eigenvalue weighted by Gasteiger charge is 2.44. The van der Waals surface area contributed by atoms with Crippen LogP contribution in [-0.4, -0.2) is 53.0 Å². The quantitative estimate of drug-likeness (QED) is 0.364. The van der Waals surface area contributed by atoms with E-state index < -0.39 is 18.1 Å². The zero-order valence-corrected chi connectivity index (χ0v) is 22.4. The van der Waals surface area contributed by atoms with Crippen LogP contribution in [0.25, 0.3) is 5.70 Å². The molecule has 41 heavy (non-hydrogen) atoms. The zero-order valence-electron chi connectivity index (χ0n) is 22.4. The summed E-state index contributed by atoms with van der Waals surface area (Å²) in [6.45, 7) is -0.0927. The zero-order chi connectivity index (χ0) is 28.9. The lowest BCUT2D eigenvalue weighted by molar-refractivity contribution is -0.274. The second kappa shape index (κ2) is 10.7. The monoisotopic (exact) mass is 571 g/mol. The van der Waals surface area contributed by atoms with Gasteiger partial charge in [-0.05, 0) is 81.0 Å². The predicted octanol–water partition coefficient (Wildman–Crippen LogP) is 5.42. The van der Waals surface area contributed by atoms with Crippen LogP contribution in [0, 0.1) is 5.92 Å². The molecule has 3 atom stereocenters. The molecule has 2 aromatic rings. The molecule has 3 heterocycles. The Bertz CT molecular complexity index is 1370. The maximum Gasteiger partial charge on any atom is 0.573 e. The third-order valence-corrected chi connectivity index (χ3v) is 8.53. The van der Waals surface area contributed by atoms with Crippen molar-refractivity contribution in [3.05, 3.63) is 58.8 Å². The Balaban J connectivity index is 1.20. The fourth-order valence-electron chi connectivity index (χ4n) is 6.25. The summed E-state index contributed by atoms with van der Waals surface area (Å²) in [6, 6.07) is 7.62. The second-order valence-electron chi connectivity index (χ2n) is 11.5. The van der Waals surface area contributed by atoms with Gasteiger partial charge in [0.25, 0.3) is 0 Å². The van der Waals surface area contributed by atoms with Crippen molar-refractivity contribution in [1.82, 2.24) is 4.98 Å². The molecule has 2 aliphatic carbocycles. The van der Waals surface area contributed by atoms with Gasteiger partial charge in [-0.1, -0.05) is 12.1 Å². The number of nitrogens with two attached hydrogens (primary N) is 1. The molecule has 2 saturated heterocycles. The average Bonchev–Trinajstić information content (AvgIpc) is 3.85. The highest BCUT2D eigenvalue weighted by Crippen LogP contribution is 2.48. The van der Waals surface area contributed by atoms with Gasteiger partial charge in [-0.25, -0.2) is 9.78 Å². The first-order chi connectivity index (χ1) is 19.6. The Morgan fingerprint density at radius 3 is 2.34 bits per heavy atom. The molecule has 0 amide bonds. The molecule has 4 fully saturated rings. The van der Waals surface area contributed by atoms with Gasteiger partial charge in [0, 0.05) is 35.3 Å². The number of fused-ring (bicyclic) bond motifs is 2. The van der Waals surface area contributed by atoms with Gasteiger partial charge in [-0.2, -0.15) is 0 Å². The van der Waals surface area contributed by atoms with Gasteiger partial charge in [0.2, 0.25) is 0 Å². The number of piperidine rings is 1. The lowest BCUT2D eigenvalue weighted by Crippen LogP contribution is -2.46. The van der Waals surface area contributed by atoms with Crippen molar-refractivity contribution in [3.8, 4) is 5.75 Å². The topological polar surface area (TPSA) is 115 Å². The van der Waals surface area contributed by atoms with Crippen molar-refractivity contribution in [2.24, 2.45) is 11.7 Å². The number of pyridine rings is 1. The Labute approximate surface area is 235 Å². The van der Waals surface area contributed by atoms with Gasteiger partial charge in [0.15, 0.2) is 5.78 Å². The van der Waals surface area contributed by atoms with Gasteiger partial charge in [0.1, 0.15) is 11.6 Å². The van der Waals surface area contributed by atoms with E-state index in [1.54, 1.807) is 12.1 Å². The molecule has 2 saturated carbocycles. The fourth-order valence-corrected chi connectivity index (χ4v) is 6.25. The highest BCUT2D eigenvalue weighted by molar-refractivity contribution is 6.05. The van der Waals surface area contributed by atoms with Crippen LogP contribution in [0.3, 0.4) is 0 Å². The summed E-state index contributed by atoms with van der Waals surface area (Å²) in [5, 5.41) is 9.46. The number of benzene rings is 1. The van der Waals surface area contributed by atoms with E-state index in [0.29, 0.717) is 18.8 Å². The molecule has 4 aliphatic rings. The Kier molecular flexibility index (Phi) is 7.17. The van der Waals surface area contributed by atoms with Crippen molar-refractivity contribution in [1.29, 1.82) is 0 Å². The van der Waals surface area contributed by atoms with Crippen molar-refractivity contribution in [2.75, 3.05) is 11.5 Å². The second-order valence-corrected chi connectivity index (χ2v) is 11.5. The summed E-state index contributed by atoms with van der Waals surface area (Å²) in [5.74, 6) is -0.643. The van der Waals surface area contributed by atoms with Crippen molar-refractivity contribution in [3.63, 3.8) is 0 Å². The molecule has 0 spiro atoms. The lowest BCUT2D eigenvalue weighted by atomic mass is 9.97. The van der Waals surface area contributed by atoms with Crippen molar-refractivity contribution in [2.45, 2.75) is 81.8 Å². The molecule has 1 aromatic carbocycles. The molecule has 1 aromatic heterocycles. The third kappa shape index (κ3) is 5.91. The van der Waals surface area contributed by atoms with E-state index >= 15 is 0 Å². The number of aromatic carboxylic acids is 1. The lowest BCUT2D eigenvalue weighted by Gasteiger charge is -2.40. The van der Waals surface area contributed by atoms with Crippen LogP contribution >= 0.6 is 0 Å². The number of hydrogen-bond acceptors (Lipinski definition) is 7. The van der Waals surface area contributed by atoms with Crippen molar-refractivity contribution >= 4 is 23.3 Å². The molecule has 2 aliphatic heterocycles. The molecular formula is C30H32F3N3O5. The number of carboxylic acids is 1. The Hall–Kier alpha value is -3.60. The van der Waals surface area contributed by atoms with Crippen LogP contribution in [0.4, 0.5) is 19.0 Å². The van der Waals surface area contributed by atoms with Gasteiger partial charge < -0.3 is 25.2 Å². The maximum atomic E-state index is 13.2. The fraction of sp³-hybridized carbons (Fsp3) is 0.500. The Morgan fingerprint density at radius 1 is 1.05 bits per heavy atom. The summed E-state index contributed by atoms with van der Waals surface area (Å²) in [5.41, 5.74) is 7.69. The van der Waals surface area contributed by atoms with Crippen LogP contribution in [-0.2, 0) is 9.53 Å². The van der Waals surface area contributed by atoms with Gasteiger partial charge in [-0.15, -0.1) is 13.2 Å². The number of alkyl halides is 3. The largest absolute Gasteiger partial charge is 0.573 e. The predicted molar refractivity (Wildman–Crippen MR) is 143 cm³/mol. The van der Waals surface area contributed by atoms with Gasteiger partial charge in [-0.3, -0.25) is 4.79 Å². The summed E-state index contributed by atoms with van der Waals surface area (Å²) in [6.07, 6.45) is 3.14. The number of carbonyl (C=O) groups is 2. The first kappa shape index (κ1) is 27.6. The number of carbonyl (C=O) groups excluding carboxylic acids is 1. The molecule has 11 heteroatoms. The number of ether oxygens (including phenoxy) is 2. The number of ketones is 1. The maximum absolute atomic E-state index is 13.2. The summed E-state index contributed by atoms with van der Waals surface area (Å²) >= 11 is 0. The molecule has 218 valence electrons. The highest BCUT2D eigenvalue weighted by atomic mass is 19.4. The number of rotatable bonds is 10. The standard InChI is InChI=1S/C30H32F3N3O5/c31-30(32,33)41-25-4-2-1-3-22(25)26(34)24(27(37)17-7-8-17)15-40-21-12-19-9-10-20(13-21)36(19)28-23(16-5-6-16)11-18(14-35-28)29(38)39/h1-4,11,14,16-17,19-21H,5-10,12-13,15,34H2,(H,38,39)/t19-,20?,21?/m0/s1. The van der Waals surface area contributed by atoms with Gasteiger partial charge >= 0.3 is 12.3 Å². The number of hydrogen-bond donors (Lipinski definition) is 2. The van der Waals surface area contributed by atoms with Crippen LogP contribution < -0.4 is 15.4 Å². The number of aromatic nitrogens is 1. The number of carboxylic acid groups (broad SMARTS) is 1. The summed E-state index contributed by atoms with van der Waals surface area (Å²) < 4.78 is 49.6. The van der Waals surface area contributed by atoms with Crippen LogP contribution in [0.15, 0.2) is 42.1 Å². The van der Waals surface area contributed by atoms with Crippen LogP contribution in [0.1, 0.15) is 78.8 Å². The average molecular weight is 572 g/mol. The third-order valence-electron chi connectivity index (χ3n) is 8.53. The minimum absolute atomic E-state index is 0.0100. The van der Waals surface area contributed by atoms with E-state index in [0.717, 1.165) is 49.9 Å². The molecular weight excluding hydrogens is 539 g/mol. The molecule has 2 bridgehead atoms. The molecule has 2 unspecified atom stereocenters. The van der Waals surface area contributed by atoms with Crippen molar-refractivity contribution < 1.29 is 37.3 Å². The number of anilines is 1. The van der Waals surface area contributed by atoms with Gasteiger partial charge in [0.05, 0.1) is 24.0 Å². The normalized spacial score (nSPS) is 24.7. The molecule has 6 rings (SSSR count).